The maximum atomic E-state index is 14.6. The number of aliphatic hydroxyl groups is 7. The Labute approximate surface area is 338 Å². The molecule has 5 fully saturated rings. The molecule has 15 nitrogen and oxygen atoms in total. The number of ether oxygens (including phenoxy) is 3. The van der Waals surface area contributed by atoms with E-state index in [1.54, 1.807) is 6.92 Å². The highest BCUT2D eigenvalue weighted by atomic mass is 16.7. The van der Waals surface area contributed by atoms with Crippen molar-refractivity contribution in [3.8, 4) is 17.2 Å². The fraction of sp³-hybridized carbons (Fsp3) is 0.767. The third kappa shape index (κ3) is 6.20. The zero-order valence-electron chi connectivity index (χ0n) is 34.2. The molecule has 1 aromatic rings. The Hall–Kier alpha value is -3.02. The number of benzene rings is 1. The highest BCUT2D eigenvalue weighted by Crippen LogP contribution is 2.76. The van der Waals surface area contributed by atoms with E-state index < -0.39 is 124 Å². The van der Waals surface area contributed by atoms with Gasteiger partial charge in [0.25, 0.3) is 0 Å². The van der Waals surface area contributed by atoms with Crippen LogP contribution in [0.4, 0.5) is 0 Å². The number of phenolic OH excluding ortho intramolecular Hbond substituents is 3. The van der Waals surface area contributed by atoms with Crippen LogP contribution in [0.2, 0.25) is 0 Å². The molecule has 58 heavy (non-hydrogen) atoms. The number of fused-ring (bicyclic) bond motifs is 7. The van der Waals surface area contributed by atoms with Gasteiger partial charge in [-0.3, -0.25) is 4.79 Å². The molecule has 5 aliphatic carbocycles. The average molecular weight is 819 g/mol. The molecule has 15 heteroatoms. The molecule has 6 aliphatic rings. The van der Waals surface area contributed by atoms with Crippen molar-refractivity contribution in [3.05, 3.63) is 29.3 Å². The molecule has 16 atom stereocenters. The lowest BCUT2D eigenvalue weighted by Crippen LogP contribution is -2.71. The lowest BCUT2D eigenvalue weighted by atomic mass is 9.33. The Bertz CT molecular complexity index is 1810. The van der Waals surface area contributed by atoms with Gasteiger partial charge in [-0.1, -0.05) is 53.2 Å². The Morgan fingerprint density at radius 1 is 0.810 bits per heavy atom. The quantitative estimate of drug-likeness (QED) is 0.112. The van der Waals surface area contributed by atoms with Crippen LogP contribution in [0, 0.1) is 50.2 Å². The second kappa shape index (κ2) is 14.3. The summed E-state index contributed by atoms with van der Waals surface area (Å²) < 4.78 is 17.2. The summed E-state index contributed by atoms with van der Waals surface area (Å²) in [4.78, 5) is 27.8. The van der Waals surface area contributed by atoms with Gasteiger partial charge in [0, 0.05) is 11.3 Å². The number of rotatable bonds is 6. The molecule has 2 unspecified atom stereocenters. The van der Waals surface area contributed by atoms with Crippen LogP contribution >= 0.6 is 0 Å². The molecule has 324 valence electrons. The first-order valence-corrected chi connectivity index (χ1v) is 20.6. The Balaban J connectivity index is 1.21. The molecule has 4 saturated carbocycles. The number of esters is 2. The van der Waals surface area contributed by atoms with Crippen LogP contribution in [0.3, 0.4) is 0 Å². The first kappa shape index (κ1) is 43.1. The van der Waals surface area contributed by atoms with Gasteiger partial charge >= 0.3 is 11.9 Å². The minimum atomic E-state index is -1.73. The van der Waals surface area contributed by atoms with Crippen LogP contribution in [-0.2, 0) is 19.0 Å². The molecule has 7 rings (SSSR count). The third-order valence-electron chi connectivity index (χ3n) is 16.6. The lowest BCUT2D eigenvalue weighted by molar-refractivity contribution is -0.298. The highest BCUT2D eigenvalue weighted by Gasteiger charge is 2.73. The lowest BCUT2D eigenvalue weighted by Gasteiger charge is -2.72. The van der Waals surface area contributed by atoms with Crippen molar-refractivity contribution in [1.82, 2.24) is 0 Å². The summed E-state index contributed by atoms with van der Waals surface area (Å²) in [5.74, 6) is -4.81. The fourth-order valence-corrected chi connectivity index (χ4v) is 13.3. The average Bonchev–Trinajstić information content (AvgIpc) is 3.15. The normalized spacial score (nSPS) is 47.0. The van der Waals surface area contributed by atoms with Crippen LogP contribution in [0.25, 0.3) is 0 Å². The van der Waals surface area contributed by atoms with E-state index in [9.17, 15) is 60.7 Å². The van der Waals surface area contributed by atoms with E-state index in [1.807, 2.05) is 6.92 Å². The van der Waals surface area contributed by atoms with E-state index in [2.05, 4.69) is 33.8 Å². The molecule has 0 amide bonds. The van der Waals surface area contributed by atoms with Crippen LogP contribution in [0.1, 0.15) is 103 Å². The summed E-state index contributed by atoms with van der Waals surface area (Å²) in [5, 5.41) is 107. The first-order chi connectivity index (χ1) is 26.9. The van der Waals surface area contributed by atoms with Gasteiger partial charge in [-0.25, -0.2) is 4.79 Å². The molecular weight excluding hydrogens is 756 g/mol. The fourth-order valence-electron chi connectivity index (χ4n) is 13.3. The van der Waals surface area contributed by atoms with Crippen LogP contribution < -0.4 is 0 Å². The molecule has 0 spiro atoms. The molecule has 1 aliphatic heterocycles. The van der Waals surface area contributed by atoms with Crippen molar-refractivity contribution in [2.75, 3.05) is 13.2 Å². The summed E-state index contributed by atoms with van der Waals surface area (Å²) >= 11 is 0. The van der Waals surface area contributed by atoms with Gasteiger partial charge in [0.15, 0.2) is 17.2 Å². The number of phenols is 3. The van der Waals surface area contributed by atoms with Gasteiger partial charge in [-0.15, -0.1) is 0 Å². The topological polar surface area (TPSA) is 264 Å². The van der Waals surface area contributed by atoms with Crippen LogP contribution in [-0.4, -0.2) is 125 Å². The van der Waals surface area contributed by atoms with E-state index in [0.717, 1.165) is 24.1 Å². The number of aromatic hydroxyl groups is 3. The number of allylic oxidation sites excluding steroid dienone is 2. The van der Waals surface area contributed by atoms with Gasteiger partial charge in [-0.05, 0) is 97.0 Å². The maximum Gasteiger partial charge on any atom is 0.338 e. The molecule has 0 aromatic heterocycles. The van der Waals surface area contributed by atoms with Crippen LogP contribution in [0.15, 0.2) is 23.8 Å². The minimum absolute atomic E-state index is 0.129. The van der Waals surface area contributed by atoms with Gasteiger partial charge < -0.3 is 65.3 Å². The van der Waals surface area contributed by atoms with Crippen molar-refractivity contribution >= 4 is 11.9 Å². The molecular formula is C43H62O15. The molecule has 1 aromatic carbocycles. The predicted molar refractivity (Wildman–Crippen MR) is 204 cm³/mol. The second-order valence-electron chi connectivity index (χ2n) is 20.3. The third-order valence-corrected chi connectivity index (χ3v) is 16.6. The number of hydrogen-bond acceptors (Lipinski definition) is 15. The standard InChI is InChI=1S/C43H62O15/c1-38(2)9-11-43(37(55)58-36-32(52)31(51)30(50)27(18-44)57-36)12-10-41(5)21(22(43)15-38)7-8-28-39(3)16-26(48)34(53)40(4,33(39)25(47)17-42(28,41)6)19-56-35(54)20-13-23(45)29(49)24(46)14-20/h7,13-14,22,25-28,30-34,36,44-53H,8-12,15-19H2,1-6H3/t22-,25+,26+,27+,28?,30+,31-,32+,33?,34-,36-,39+,40-,41+,42+,43-/m0/s1. The van der Waals surface area contributed by atoms with Gasteiger partial charge in [0.2, 0.25) is 6.29 Å². The summed E-state index contributed by atoms with van der Waals surface area (Å²) in [6, 6.07) is 1.90. The Morgan fingerprint density at radius 2 is 1.45 bits per heavy atom. The van der Waals surface area contributed by atoms with Crippen molar-refractivity contribution < 1.29 is 74.9 Å². The number of carbonyl (C=O) groups excluding carboxylic acids is 2. The van der Waals surface area contributed by atoms with E-state index >= 15 is 0 Å². The smallest absolute Gasteiger partial charge is 0.338 e. The van der Waals surface area contributed by atoms with Crippen molar-refractivity contribution in [3.63, 3.8) is 0 Å². The SMILES string of the molecule is CC1(C)CC[C@]2(C(=O)O[C@@H]3O[C@H](CO)[C@@H](O)[C@H](O)[C@H]3O)CC[C@]3(C)C(=CCC4[C@@]5(C)C[C@@H](O)[C@H](O)[C@@](C)(COC(=O)c6cc(O)c(O)c(O)c6)C5[C@H](O)C[C@]43C)[C@@H]2C1. The summed E-state index contributed by atoms with van der Waals surface area (Å²) in [6.07, 6.45) is -5.36. The number of aliphatic hydroxyl groups excluding tert-OH is 7. The summed E-state index contributed by atoms with van der Waals surface area (Å²) in [5.41, 5.74) is -3.51. The minimum Gasteiger partial charge on any atom is -0.504 e. The number of hydrogen-bond donors (Lipinski definition) is 10. The van der Waals surface area contributed by atoms with E-state index in [4.69, 9.17) is 14.2 Å². The molecule has 0 bridgehead atoms. The second-order valence-corrected chi connectivity index (χ2v) is 20.3. The monoisotopic (exact) mass is 818 g/mol. The van der Waals surface area contributed by atoms with Crippen molar-refractivity contribution in [2.45, 2.75) is 142 Å². The summed E-state index contributed by atoms with van der Waals surface area (Å²) in [7, 11) is 0. The van der Waals surface area contributed by atoms with E-state index in [0.29, 0.717) is 38.5 Å². The molecule has 1 saturated heterocycles. The zero-order valence-corrected chi connectivity index (χ0v) is 34.2. The van der Waals surface area contributed by atoms with Crippen LogP contribution in [0.5, 0.6) is 17.2 Å². The number of carbonyl (C=O) groups is 2. The molecule has 1 heterocycles. The Kier molecular flexibility index (Phi) is 10.6. The maximum absolute atomic E-state index is 14.6. The van der Waals surface area contributed by atoms with Crippen molar-refractivity contribution in [1.29, 1.82) is 0 Å². The first-order valence-electron chi connectivity index (χ1n) is 20.6. The molecule has 10 N–H and O–H groups in total. The summed E-state index contributed by atoms with van der Waals surface area (Å²) in [6.45, 7) is 11.4. The van der Waals surface area contributed by atoms with Gasteiger partial charge in [0.1, 0.15) is 24.4 Å². The predicted octanol–water partition coefficient (Wildman–Crippen LogP) is 2.39. The van der Waals surface area contributed by atoms with Crippen molar-refractivity contribution in [2.24, 2.45) is 50.2 Å². The van der Waals surface area contributed by atoms with E-state index in [1.165, 1.54) is 0 Å². The van der Waals surface area contributed by atoms with E-state index in [-0.39, 0.29) is 29.2 Å². The molecule has 0 radical (unpaired) electrons. The Morgan fingerprint density at radius 3 is 2.09 bits per heavy atom. The van der Waals surface area contributed by atoms with Gasteiger partial charge in [0.05, 0.1) is 42.5 Å². The highest BCUT2D eigenvalue weighted by molar-refractivity contribution is 5.91. The van der Waals surface area contributed by atoms with Gasteiger partial charge in [-0.2, -0.15) is 0 Å². The zero-order chi connectivity index (χ0) is 42.7. The largest absolute Gasteiger partial charge is 0.504 e.